The molecule has 3 rings (SSSR count). The third-order valence-corrected chi connectivity index (χ3v) is 2.65. The van der Waals surface area contributed by atoms with Gasteiger partial charge in [0, 0.05) is 0 Å². The fourth-order valence-corrected chi connectivity index (χ4v) is 1.36. The zero-order chi connectivity index (χ0) is 11.7. The summed E-state index contributed by atoms with van der Waals surface area (Å²) in [5.41, 5.74) is 15.2. The molecule has 3 atom stereocenters. The van der Waals surface area contributed by atoms with E-state index >= 15 is 0 Å². The SMILES string of the molecule is O=P(ONN1CN1)(ONN1CN1)ONN1CN1. The van der Waals surface area contributed by atoms with Crippen LogP contribution in [-0.2, 0) is 18.4 Å². The van der Waals surface area contributed by atoms with Gasteiger partial charge in [0.05, 0.1) is 20.0 Å². The predicted molar refractivity (Wildman–Crippen MR) is 49.8 cm³/mol. The second-order valence-electron chi connectivity index (χ2n) is 3.23. The van der Waals surface area contributed by atoms with Crippen molar-refractivity contribution < 1.29 is 18.4 Å². The summed E-state index contributed by atoms with van der Waals surface area (Å²) in [4.78, 5) is 0. The van der Waals surface area contributed by atoms with Crippen molar-refractivity contribution in [2.45, 2.75) is 0 Å². The molecule has 17 heavy (non-hydrogen) atoms. The lowest BCUT2D eigenvalue weighted by Gasteiger charge is -2.16. The summed E-state index contributed by atoms with van der Waals surface area (Å²) >= 11 is 0. The smallest absolute Gasteiger partial charge is 0.223 e. The van der Waals surface area contributed by atoms with Crippen LogP contribution in [0.25, 0.3) is 0 Å². The van der Waals surface area contributed by atoms with E-state index in [0.29, 0.717) is 20.0 Å². The van der Waals surface area contributed by atoms with E-state index < -0.39 is 7.82 Å². The van der Waals surface area contributed by atoms with Crippen LogP contribution >= 0.6 is 7.82 Å². The van der Waals surface area contributed by atoms with E-state index in [4.69, 9.17) is 13.9 Å². The highest BCUT2D eigenvalue weighted by Gasteiger charge is 2.35. The molecule has 3 aliphatic rings. The van der Waals surface area contributed by atoms with Gasteiger partial charge in [-0.1, -0.05) is 0 Å². The summed E-state index contributed by atoms with van der Waals surface area (Å²) in [6, 6.07) is 0. The largest absolute Gasteiger partial charge is 0.528 e. The Morgan fingerprint density at radius 3 is 1.35 bits per heavy atom. The van der Waals surface area contributed by atoms with Crippen LogP contribution in [0.5, 0.6) is 0 Å². The van der Waals surface area contributed by atoms with Crippen LogP contribution in [0, 0.1) is 0 Å². The number of nitrogens with one attached hydrogen (secondary N) is 6. The first-order chi connectivity index (χ1) is 8.23. The highest BCUT2D eigenvalue weighted by molar-refractivity contribution is 7.48. The van der Waals surface area contributed by atoms with Crippen molar-refractivity contribution in [2.75, 3.05) is 20.0 Å². The standard InChI is InChI=1S/C3H12N9O4P/c13-17(14-7-10-1-4-10,15-8-11-2-5-11)16-9-12-3-6-12/h4-9H,1-3H2. The molecule has 3 heterocycles. The van der Waals surface area contributed by atoms with Gasteiger partial charge in [-0.05, 0) is 0 Å². The molecule has 3 aliphatic heterocycles. The molecule has 3 fully saturated rings. The summed E-state index contributed by atoms with van der Waals surface area (Å²) in [5.74, 6) is 0. The molecule has 0 aliphatic carbocycles. The third-order valence-electron chi connectivity index (χ3n) is 1.74. The molecule has 3 unspecified atom stereocenters. The van der Waals surface area contributed by atoms with Crippen molar-refractivity contribution in [1.82, 2.24) is 48.4 Å². The Balaban J connectivity index is 1.45. The summed E-state index contributed by atoms with van der Waals surface area (Å²) < 4.78 is 26.4. The molecule has 14 heteroatoms. The van der Waals surface area contributed by atoms with Crippen LogP contribution in [0.4, 0.5) is 0 Å². The molecule has 0 saturated carbocycles. The average molecular weight is 269 g/mol. The zero-order valence-corrected chi connectivity index (χ0v) is 9.44. The van der Waals surface area contributed by atoms with Crippen molar-refractivity contribution in [3.63, 3.8) is 0 Å². The Morgan fingerprint density at radius 1 is 0.824 bits per heavy atom. The molecule has 3 saturated heterocycles. The van der Waals surface area contributed by atoms with E-state index in [-0.39, 0.29) is 0 Å². The number of hydrazine groups is 6. The van der Waals surface area contributed by atoms with Crippen molar-refractivity contribution in [1.29, 1.82) is 0 Å². The summed E-state index contributed by atoms with van der Waals surface area (Å²) in [5, 5.41) is 4.31. The lowest BCUT2D eigenvalue weighted by molar-refractivity contribution is -0.0628. The minimum absolute atomic E-state index is 0.572. The highest BCUT2D eigenvalue weighted by Crippen LogP contribution is 2.46. The number of rotatable bonds is 9. The summed E-state index contributed by atoms with van der Waals surface area (Å²) in [6.45, 7) is 1.71. The predicted octanol–water partition coefficient (Wildman–Crippen LogP) is -3.26. The van der Waals surface area contributed by atoms with Gasteiger partial charge in [-0.2, -0.15) is 13.9 Å². The highest BCUT2D eigenvalue weighted by atomic mass is 31.2. The Hall–Kier alpha value is -0.250. The minimum Gasteiger partial charge on any atom is -0.223 e. The maximum absolute atomic E-state index is 12.0. The van der Waals surface area contributed by atoms with Crippen LogP contribution < -0.4 is 33.0 Å². The van der Waals surface area contributed by atoms with Gasteiger partial charge in [0.2, 0.25) is 0 Å². The van der Waals surface area contributed by atoms with Crippen molar-refractivity contribution >= 4 is 7.82 Å². The molecule has 0 aromatic rings. The number of phosphoric acid groups is 1. The van der Waals surface area contributed by atoms with E-state index in [1.54, 1.807) is 0 Å². The molecule has 0 amide bonds. The molecule has 0 radical (unpaired) electrons. The van der Waals surface area contributed by atoms with Gasteiger partial charge in [-0.3, -0.25) is 0 Å². The van der Waals surface area contributed by atoms with Gasteiger partial charge >= 0.3 is 7.82 Å². The molecule has 13 nitrogen and oxygen atoms in total. The van der Waals surface area contributed by atoms with Crippen molar-refractivity contribution in [3.8, 4) is 0 Å². The molecular weight excluding hydrogens is 257 g/mol. The molecule has 6 N–H and O–H groups in total. The van der Waals surface area contributed by atoms with Crippen molar-refractivity contribution in [2.24, 2.45) is 0 Å². The molecule has 98 valence electrons. The van der Waals surface area contributed by atoms with Crippen LogP contribution in [0.1, 0.15) is 0 Å². The number of hydrogen-bond donors (Lipinski definition) is 6. The molecule has 0 aromatic heterocycles. The Kier molecular flexibility index (Phi) is 3.33. The second kappa shape index (κ2) is 4.79. The number of hydrogen-bond acceptors (Lipinski definition) is 13. The fraction of sp³-hybridized carbons (Fsp3) is 1.00. The van der Waals surface area contributed by atoms with Crippen LogP contribution in [-0.4, -0.2) is 35.4 Å². The normalized spacial score (nSPS) is 37.5. The van der Waals surface area contributed by atoms with E-state index in [1.807, 2.05) is 0 Å². The first kappa shape index (κ1) is 11.8. The van der Waals surface area contributed by atoms with Gasteiger partial charge in [-0.15, -0.1) is 32.1 Å². The lowest BCUT2D eigenvalue weighted by Crippen LogP contribution is -2.31. The zero-order valence-electron chi connectivity index (χ0n) is 8.54. The molecule has 0 spiro atoms. The van der Waals surface area contributed by atoms with E-state index in [1.165, 1.54) is 15.4 Å². The Labute approximate surface area is 95.6 Å². The maximum Gasteiger partial charge on any atom is 0.528 e. The van der Waals surface area contributed by atoms with Gasteiger partial charge in [0.15, 0.2) is 0 Å². The van der Waals surface area contributed by atoms with Crippen LogP contribution in [0.15, 0.2) is 0 Å². The average Bonchev–Trinajstić information content (AvgIpc) is 3.17. The van der Waals surface area contributed by atoms with E-state index in [0.717, 1.165) is 0 Å². The summed E-state index contributed by atoms with van der Waals surface area (Å²) in [6.07, 6.45) is 0. The van der Waals surface area contributed by atoms with Gasteiger partial charge < -0.3 is 0 Å². The Morgan fingerprint density at radius 2 is 1.12 bits per heavy atom. The van der Waals surface area contributed by atoms with Gasteiger partial charge in [-0.25, -0.2) is 20.8 Å². The van der Waals surface area contributed by atoms with Gasteiger partial charge in [0.1, 0.15) is 0 Å². The van der Waals surface area contributed by atoms with Crippen LogP contribution in [0.3, 0.4) is 0 Å². The molecular formula is C3H12N9O4P. The quantitative estimate of drug-likeness (QED) is 0.141. The number of nitrogens with zero attached hydrogens (tertiary/aromatic N) is 3. The fourth-order valence-electron chi connectivity index (χ4n) is 0.653. The Bertz CT molecular complexity index is 270. The lowest BCUT2D eigenvalue weighted by atomic mass is 11.4. The second-order valence-corrected chi connectivity index (χ2v) is 4.67. The topological polar surface area (TPSA) is 156 Å². The minimum atomic E-state index is -3.84. The van der Waals surface area contributed by atoms with Crippen LogP contribution in [0.2, 0.25) is 0 Å². The first-order valence-electron chi connectivity index (χ1n) is 4.69. The van der Waals surface area contributed by atoms with Crippen molar-refractivity contribution in [3.05, 3.63) is 0 Å². The van der Waals surface area contributed by atoms with E-state index in [2.05, 4.69) is 33.0 Å². The third kappa shape index (κ3) is 4.16. The monoisotopic (exact) mass is 269 g/mol. The maximum atomic E-state index is 12.0. The van der Waals surface area contributed by atoms with E-state index in [9.17, 15) is 4.57 Å². The summed E-state index contributed by atoms with van der Waals surface area (Å²) in [7, 11) is -3.84. The molecule has 0 aromatic carbocycles. The van der Waals surface area contributed by atoms with Gasteiger partial charge in [0.25, 0.3) is 0 Å². The first-order valence-corrected chi connectivity index (χ1v) is 6.15. The molecule has 0 bridgehead atoms.